The number of hydrogen-bond donors (Lipinski definition) is 2. The molecule has 2 N–H and O–H groups in total. The molecule has 5 heteroatoms. The summed E-state index contributed by atoms with van der Waals surface area (Å²) in [5, 5.41) is 18.1. The molecule has 0 radical (unpaired) electrons. The molecule has 18 heavy (non-hydrogen) atoms. The van der Waals surface area contributed by atoms with Crippen LogP contribution in [0.4, 0.5) is 0 Å². The third-order valence-electron chi connectivity index (χ3n) is 3.48. The molecule has 0 bridgehead atoms. The van der Waals surface area contributed by atoms with Gasteiger partial charge in [-0.15, -0.1) is 0 Å². The zero-order chi connectivity index (χ0) is 13.2. The minimum absolute atomic E-state index is 0.160. The maximum atomic E-state index is 9.50. The van der Waals surface area contributed by atoms with Gasteiger partial charge in [0.2, 0.25) is 0 Å². The first kappa shape index (κ1) is 13.8. The largest absolute Gasteiger partial charge is 0.394 e. The summed E-state index contributed by atoms with van der Waals surface area (Å²) in [5.74, 6) is 0. The van der Waals surface area contributed by atoms with Crippen LogP contribution < -0.4 is 5.32 Å². The van der Waals surface area contributed by atoms with Crippen LogP contribution in [0.2, 0.25) is 5.02 Å². The fourth-order valence-electron chi connectivity index (χ4n) is 2.16. The van der Waals surface area contributed by atoms with Crippen molar-refractivity contribution in [3.63, 3.8) is 0 Å². The molecule has 1 aromatic rings. The van der Waals surface area contributed by atoms with Gasteiger partial charge in [-0.3, -0.25) is 4.68 Å². The molecule has 1 unspecified atom stereocenters. The van der Waals surface area contributed by atoms with Gasteiger partial charge in [-0.1, -0.05) is 11.6 Å². The molecular formula is C13H22ClN3O. The number of aliphatic hydroxyl groups is 1. The highest BCUT2D eigenvalue weighted by Crippen LogP contribution is 2.24. The average molecular weight is 272 g/mol. The predicted octanol–water partition coefficient (Wildman–Crippen LogP) is 2.13. The Balaban J connectivity index is 1.78. The average Bonchev–Trinajstić information content (AvgIpc) is 3.06. The number of rotatable bonds is 7. The molecule has 102 valence electrons. The zero-order valence-corrected chi connectivity index (χ0v) is 11.9. The number of nitrogens with one attached hydrogen (secondary N) is 1. The molecule has 1 fully saturated rings. The van der Waals surface area contributed by atoms with Gasteiger partial charge in [0.15, 0.2) is 0 Å². The standard InChI is InChI=1S/C13H22ClN3O/c1-10-12(14)8-17(16-10)7-3-6-13(2,9-18)15-11-4-5-11/h8,11,15,18H,3-7,9H2,1-2H3. The Kier molecular flexibility index (Phi) is 4.30. The normalized spacial score (nSPS) is 18.9. The van der Waals surface area contributed by atoms with E-state index in [0.29, 0.717) is 6.04 Å². The predicted molar refractivity (Wildman–Crippen MR) is 72.9 cm³/mol. The molecule has 2 rings (SSSR count). The van der Waals surface area contributed by atoms with E-state index in [-0.39, 0.29) is 12.1 Å². The summed E-state index contributed by atoms with van der Waals surface area (Å²) in [6, 6.07) is 0.614. The van der Waals surface area contributed by atoms with Gasteiger partial charge in [-0.05, 0) is 39.5 Å². The van der Waals surface area contributed by atoms with Crippen molar-refractivity contribution in [3.8, 4) is 0 Å². The van der Waals surface area contributed by atoms with Crippen LogP contribution >= 0.6 is 11.6 Å². The maximum absolute atomic E-state index is 9.50. The van der Waals surface area contributed by atoms with E-state index in [4.69, 9.17) is 11.6 Å². The SMILES string of the molecule is Cc1nn(CCCC(C)(CO)NC2CC2)cc1Cl. The molecule has 0 spiro atoms. The first-order chi connectivity index (χ1) is 8.52. The van der Waals surface area contributed by atoms with E-state index < -0.39 is 0 Å². The van der Waals surface area contributed by atoms with Crippen molar-refractivity contribution in [1.82, 2.24) is 15.1 Å². The topological polar surface area (TPSA) is 50.1 Å². The van der Waals surface area contributed by atoms with Crippen LogP contribution in [0, 0.1) is 6.92 Å². The van der Waals surface area contributed by atoms with Gasteiger partial charge in [-0.25, -0.2) is 0 Å². The van der Waals surface area contributed by atoms with Crippen molar-refractivity contribution in [2.75, 3.05) is 6.61 Å². The molecule has 1 atom stereocenters. The highest BCUT2D eigenvalue weighted by Gasteiger charge is 2.31. The molecule has 1 aromatic heterocycles. The number of aromatic nitrogens is 2. The van der Waals surface area contributed by atoms with Gasteiger partial charge in [0.25, 0.3) is 0 Å². The summed E-state index contributed by atoms with van der Waals surface area (Å²) >= 11 is 5.97. The third kappa shape index (κ3) is 3.70. The van der Waals surface area contributed by atoms with Gasteiger partial charge in [0.05, 0.1) is 17.3 Å². The van der Waals surface area contributed by atoms with Crippen LogP contribution in [0.5, 0.6) is 0 Å². The molecule has 0 amide bonds. The van der Waals surface area contributed by atoms with E-state index in [1.54, 1.807) is 0 Å². The van der Waals surface area contributed by atoms with Crippen molar-refractivity contribution >= 4 is 11.6 Å². The van der Waals surface area contributed by atoms with E-state index in [0.717, 1.165) is 30.1 Å². The van der Waals surface area contributed by atoms with Gasteiger partial charge in [0, 0.05) is 24.3 Å². The molecule has 1 aliphatic rings. The minimum Gasteiger partial charge on any atom is -0.394 e. The maximum Gasteiger partial charge on any atom is 0.0814 e. The van der Waals surface area contributed by atoms with Crippen LogP contribution in [0.25, 0.3) is 0 Å². The lowest BCUT2D eigenvalue weighted by Crippen LogP contribution is -2.47. The van der Waals surface area contributed by atoms with Gasteiger partial charge >= 0.3 is 0 Å². The second-order valence-electron chi connectivity index (χ2n) is 5.57. The third-order valence-corrected chi connectivity index (χ3v) is 3.85. The molecule has 0 saturated heterocycles. The van der Waals surface area contributed by atoms with E-state index >= 15 is 0 Å². The highest BCUT2D eigenvalue weighted by molar-refractivity contribution is 6.31. The summed E-state index contributed by atoms with van der Waals surface area (Å²) in [4.78, 5) is 0. The fourth-order valence-corrected chi connectivity index (χ4v) is 2.31. The summed E-state index contributed by atoms with van der Waals surface area (Å²) in [6.45, 7) is 5.02. The smallest absolute Gasteiger partial charge is 0.0814 e. The lowest BCUT2D eigenvalue weighted by atomic mass is 9.96. The minimum atomic E-state index is -0.160. The van der Waals surface area contributed by atoms with Crippen LogP contribution in [-0.2, 0) is 6.54 Å². The Hall–Kier alpha value is -0.580. The van der Waals surface area contributed by atoms with Crippen LogP contribution in [0.3, 0.4) is 0 Å². The second kappa shape index (κ2) is 5.59. The zero-order valence-electron chi connectivity index (χ0n) is 11.1. The molecule has 1 aliphatic carbocycles. The van der Waals surface area contributed by atoms with Crippen LogP contribution in [0.15, 0.2) is 6.20 Å². The van der Waals surface area contributed by atoms with Gasteiger partial charge < -0.3 is 10.4 Å². The van der Waals surface area contributed by atoms with E-state index in [1.165, 1.54) is 12.8 Å². The lowest BCUT2D eigenvalue weighted by Gasteiger charge is -2.29. The molecule has 1 saturated carbocycles. The quantitative estimate of drug-likeness (QED) is 0.799. The van der Waals surface area contributed by atoms with E-state index in [2.05, 4.69) is 17.3 Å². The van der Waals surface area contributed by atoms with E-state index in [9.17, 15) is 5.11 Å². The van der Waals surface area contributed by atoms with Crippen molar-refractivity contribution in [2.45, 2.75) is 57.7 Å². The number of halogens is 1. The number of aliphatic hydroxyl groups excluding tert-OH is 1. The molecule has 0 aromatic carbocycles. The van der Waals surface area contributed by atoms with Gasteiger partial charge in [-0.2, -0.15) is 5.10 Å². The summed E-state index contributed by atoms with van der Waals surface area (Å²) in [7, 11) is 0. The number of nitrogens with zero attached hydrogens (tertiary/aromatic N) is 2. The van der Waals surface area contributed by atoms with Crippen molar-refractivity contribution in [2.24, 2.45) is 0 Å². The first-order valence-corrected chi connectivity index (χ1v) is 6.98. The fraction of sp³-hybridized carbons (Fsp3) is 0.769. The molecule has 4 nitrogen and oxygen atoms in total. The van der Waals surface area contributed by atoms with Crippen molar-refractivity contribution in [1.29, 1.82) is 0 Å². The number of hydrogen-bond acceptors (Lipinski definition) is 3. The van der Waals surface area contributed by atoms with E-state index in [1.807, 2.05) is 17.8 Å². The Morgan fingerprint density at radius 2 is 2.33 bits per heavy atom. The van der Waals surface area contributed by atoms with Crippen LogP contribution in [0.1, 0.15) is 38.3 Å². The van der Waals surface area contributed by atoms with Crippen molar-refractivity contribution < 1.29 is 5.11 Å². The Labute approximate surface area is 113 Å². The molecule has 0 aliphatic heterocycles. The lowest BCUT2D eigenvalue weighted by molar-refractivity contribution is 0.160. The summed E-state index contributed by atoms with van der Waals surface area (Å²) in [5.41, 5.74) is 0.713. The molecular weight excluding hydrogens is 250 g/mol. The monoisotopic (exact) mass is 271 g/mol. The van der Waals surface area contributed by atoms with Crippen LogP contribution in [-0.4, -0.2) is 33.1 Å². The van der Waals surface area contributed by atoms with Crippen molar-refractivity contribution in [3.05, 3.63) is 16.9 Å². The highest BCUT2D eigenvalue weighted by atomic mass is 35.5. The second-order valence-corrected chi connectivity index (χ2v) is 5.97. The summed E-state index contributed by atoms with van der Waals surface area (Å²) in [6.07, 6.45) is 6.26. The Morgan fingerprint density at radius 3 is 2.83 bits per heavy atom. The Bertz CT molecular complexity index is 383. The first-order valence-electron chi connectivity index (χ1n) is 6.60. The summed E-state index contributed by atoms with van der Waals surface area (Å²) < 4.78 is 1.88. The molecule has 1 heterocycles. The number of aryl methyl sites for hydroxylation is 2. The van der Waals surface area contributed by atoms with Gasteiger partial charge in [0.1, 0.15) is 0 Å². The Morgan fingerprint density at radius 1 is 1.61 bits per heavy atom.